The average molecular weight is 264 g/mol. The van der Waals surface area contributed by atoms with Gasteiger partial charge in [-0.1, -0.05) is 5.10 Å². The van der Waals surface area contributed by atoms with Crippen LogP contribution in [0.25, 0.3) is 0 Å². The first-order valence-electron chi connectivity index (χ1n) is 6.93. The quantitative estimate of drug-likeness (QED) is 0.897. The first-order chi connectivity index (χ1) is 9.08. The van der Waals surface area contributed by atoms with Crippen LogP contribution in [0.3, 0.4) is 0 Å². The van der Waals surface area contributed by atoms with Gasteiger partial charge in [-0.25, -0.2) is 0 Å². The highest BCUT2D eigenvalue weighted by molar-refractivity contribution is 5.83. The number of carbonyl (C=O) groups excluding carboxylic acids is 1. The van der Waals surface area contributed by atoms with Crippen molar-refractivity contribution < 1.29 is 9.21 Å². The lowest BCUT2D eigenvalue weighted by Gasteiger charge is -2.33. The van der Waals surface area contributed by atoms with Gasteiger partial charge in [0.1, 0.15) is 6.04 Å². The molecule has 2 heterocycles. The minimum absolute atomic E-state index is 0.117. The molecule has 0 radical (unpaired) electrons. The van der Waals surface area contributed by atoms with Gasteiger partial charge in [0.25, 0.3) is 0 Å². The van der Waals surface area contributed by atoms with Crippen LogP contribution in [0.2, 0.25) is 0 Å². The molecule has 1 aromatic rings. The van der Waals surface area contributed by atoms with Crippen molar-refractivity contribution in [3.8, 4) is 0 Å². The zero-order valence-corrected chi connectivity index (χ0v) is 11.5. The smallest absolute Gasteiger partial charge is 0.316 e. The van der Waals surface area contributed by atoms with Crippen LogP contribution in [-0.2, 0) is 4.79 Å². The van der Waals surface area contributed by atoms with Gasteiger partial charge in [-0.05, 0) is 38.0 Å². The van der Waals surface area contributed by atoms with E-state index >= 15 is 0 Å². The molecule has 1 amide bonds. The first-order valence-corrected chi connectivity index (χ1v) is 6.93. The topological polar surface area (TPSA) is 71.3 Å². The summed E-state index contributed by atoms with van der Waals surface area (Å²) < 4.78 is 5.23. The van der Waals surface area contributed by atoms with Gasteiger partial charge < -0.3 is 14.6 Å². The standard InChI is InChI=1S/C13H20N4O2/c1-9(14-12-16-15-10(2)19-12)11(18)17-7-5-13(3-4-13)6-8-17/h9H,3-8H2,1-2H3,(H,14,16)/t9-/m1/s1. The molecule has 1 aliphatic heterocycles. The SMILES string of the molecule is Cc1nnc(N[C@H](C)C(=O)N2CCC3(CC2)CC3)o1. The monoisotopic (exact) mass is 264 g/mol. The summed E-state index contributed by atoms with van der Waals surface area (Å²) in [5.74, 6) is 0.613. The van der Waals surface area contributed by atoms with E-state index in [0.29, 0.717) is 17.3 Å². The lowest BCUT2D eigenvalue weighted by Crippen LogP contribution is -2.45. The number of piperidine rings is 1. The van der Waals surface area contributed by atoms with Gasteiger partial charge >= 0.3 is 6.01 Å². The Hall–Kier alpha value is -1.59. The number of amides is 1. The van der Waals surface area contributed by atoms with Crippen molar-refractivity contribution in [3.63, 3.8) is 0 Å². The molecule has 6 nitrogen and oxygen atoms in total. The second-order valence-corrected chi connectivity index (χ2v) is 5.82. The number of aryl methyl sites for hydroxylation is 1. The Morgan fingerprint density at radius 1 is 1.32 bits per heavy atom. The van der Waals surface area contributed by atoms with E-state index in [9.17, 15) is 4.79 Å². The van der Waals surface area contributed by atoms with E-state index in [1.807, 2.05) is 11.8 Å². The summed E-state index contributed by atoms with van der Waals surface area (Å²) in [6, 6.07) is -0.0119. The highest BCUT2D eigenvalue weighted by Gasteiger charge is 2.45. The molecule has 1 aromatic heterocycles. The Bertz CT molecular complexity index is 471. The molecule has 1 saturated carbocycles. The van der Waals surface area contributed by atoms with Crippen molar-refractivity contribution in [1.29, 1.82) is 0 Å². The third-order valence-corrected chi connectivity index (χ3v) is 4.33. The molecule has 104 valence electrons. The number of hydrogen-bond donors (Lipinski definition) is 1. The molecule has 1 atom stereocenters. The van der Waals surface area contributed by atoms with Crippen LogP contribution >= 0.6 is 0 Å². The van der Waals surface area contributed by atoms with Crippen LogP contribution in [0.4, 0.5) is 6.01 Å². The number of likely N-dealkylation sites (tertiary alicyclic amines) is 1. The van der Waals surface area contributed by atoms with Gasteiger partial charge in [0.15, 0.2) is 0 Å². The molecule has 2 fully saturated rings. The Labute approximate surface area is 112 Å². The van der Waals surface area contributed by atoms with Gasteiger partial charge in [-0.15, -0.1) is 5.10 Å². The molecule has 2 aliphatic rings. The fraction of sp³-hybridized carbons (Fsp3) is 0.769. The maximum absolute atomic E-state index is 12.3. The molecule has 0 aromatic carbocycles. The minimum Gasteiger partial charge on any atom is -0.408 e. The fourth-order valence-corrected chi connectivity index (χ4v) is 2.75. The van der Waals surface area contributed by atoms with Crippen LogP contribution in [0.5, 0.6) is 0 Å². The van der Waals surface area contributed by atoms with Gasteiger partial charge in [-0.2, -0.15) is 0 Å². The van der Waals surface area contributed by atoms with Crippen molar-refractivity contribution in [2.24, 2.45) is 5.41 Å². The zero-order chi connectivity index (χ0) is 13.5. The minimum atomic E-state index is -0.326. The molecular formula is C13H20N4O2. The molecule has 1 saturated heterocycles. The summed E-state index contributed by atoms with van der Waals surface area (Å²) in [4.78, 5) is 14.3. The zero-order valence-electron chi connectivity index (χ0n) is 11.5. The Balaban J connectivity index is 1.54. The van der Waals surface area contributed by atoms with Crippen LogP contribution in [0.1, 0.15) is 38.5 Å². The van der Waals surface area contributed by atoms with E-state index in [0.717, 1.165) is 25.9 Å². The second-order valence-electron chi connectivity index (χ2n) is 5.82. The normalized spacial score (nSPS) is 22.3. The molecule has 6 heteroatoms. The van der Waals surface area contributed by atoms with Gasteiger partial charge in [0.05, 0.1) is 0 Å². The molecule has 0 unspecified atom stereocenters. The second kappa shape index (κ2) is 4.51. The number of nitrogens with zero attached hydrogens (tertiary/aromatic N) is 3. The van der Waals surface area contributed by atoms with E-state index in [4.69, 9.17) is 4.42 Å². The first kappa shape index (κ1) is 12.4. The van der Waals surface area contributed by atoms with Crippen LogP contribution < -0.4 is 5.32 Å². The van der Waals surface area contributed by atoms with Crippen molar-refractivity contribution >= 4 is 11.9 Å². The predicted octanol–water partition coefficient (Wildman–Crippen LogP) is 1.58. The fourth-order valence-electron chi connectivity index (χ4n) is 2.75. The maximum Gasteiger partial charge on any atom is 0.316 e. The van der Waals surface area contributed by atoms with E-state index < -0.39 is 0 Å². The average Bonchev–Trinajstić information content (AvgIpc) is 3.03. The lowest BCUT2D eigenvalue weighted by molar-refractivity contribution is -0.133. The molecule has 1 aliphatic carbocycles. The summed E-state index contributed by atoms with van der Waals surface area (Å²) in [6.45, 7) is 5.33. The summed E-state index contributed by atoms with van der Waals surface area (Å²) in [5, 5.41) is 10.5. The van der Waals surface area contributed by atoms with Crippen LogP contribution in [0.15, 0.2) is 4.42 Å². The predicted molar refractivity (Wildman–Crippen MR) is 69.6 cm³/mol. The summed E-state index contributed by atoms with van der Waals surface area (Å²) in [5.41, 5.74) is 0.594. The molecule has 19 heavy (non-hydrogen) atoms. The summed E-state index contributed by atoms with van der Waals surface area (Å²) in [6.07, 6.45) is 5.02. The van der Waals surface area contributed by atoms with Crippen molar-refractivity contribution in [2.75, 3.05) is 18.4 Å². The molecule has 3 rings (SSSR count). The van der Waals surface area contributed by atoms with Gasteiger partial charge in [0, 0.05) is 20.0 Å². The van der Waals surface area contributed by atoms with Crippen molar-refractivity contribution in [2.45, 2.75) is 45.6 Å². The number of rotatable bonds is 3. The number of aromatic nitrogens is 2. The highest BCUT2D eigenvalue weighted by atomic mass is 16.4. The summed E-state index contributed by atoms with van der Waals surface area (Å²) in [7, 11) is 0. The number of carbonyl (C=O) groups is 1. The molecule has 1 N–H and O–H groups in total. The number of nitrogens with one attached hydrogen (secondary N) is 1. The lowest BCUT2D eigenvalue weighted by atomic mass is 9.93. The van der Waals surface area contributed by atoms with E-state index in [1.165, 1.54) is 12.8 Å². The largest absolute Gasteiger partial charge is 0.408 e. The van der Waals surface area contributed by atoms with E-state index in [2.05, 4.69) is 15.5 Å². The third kappa shape index (κ3) is 2.57. The Morgan fingerprint density at radius 2 is 2.00 bits per heavy atom. The highest BCUT2D eigenvalue weighted by Crippen LogP contribution is 2.53. The number of anilines is 1. The molecular weight excluding hydrogens is 244 g/mol. The van der Waals surface area contributed by atoms with Crippen LogP contribution in [0, 0.1) is 12.3 Å². The van der Waals surface area contributed by atoms with E-state index in [-0.39, 0.29) is 11.9 Å². The van der Waals surface area contributed by atoms with Crippen molar-refractivity contribution in [1.82, 2.24) is 15.1 Å². The van der Waals surface area contributed by atoms with Gasteiger partial charge in [-0.3, -0.25) is 4.79 Å². The number of hydrogen-bond acceptors (Lipinski definition) is 5. The molecule has 1 spiro atoms. The summed E-state index contributed by atoms with van der Waals surface area (Å²) >= 11 is 0. The Morgan fingerprint density at radius 3 is 2.53 bits per heavy atom. The maximum atomic E-state index is 12.3. The van der Waals surface area contributed by atoms with Crippen molar-refractivity contribution in [3.05, 3.63) is 5.89 Å². The van der Waals surface area contributed by atoms with Gasteiger partial charge in [0.2, 0.25) is 11.8 Å². The van der Waals surface area contributed by atoms with E-state index in [1.54, 1.807) is 6.92 Å². The third-order valence-electron chi connectivity index (χ3n) is 4.33. The molecule has 0 bridgehead atoms. The Kier molecular flexibility index (Phi) is 2.95. The van der Waals surface area contributed by atoms with Crippen LogP contribution in [-0.4, -0.2) is 40.1 Å².